The van der Waals surface area contributed by atoms with Crippen molar-refractivity contribution >= 4 is 58.4 Å². The molecule has 3 aliphatic heterocycles. The third kappa shape index (κ3) is 3.69. The molecular formula is C28H21Cl2N3O4. The van der Waals surface area contributed by atoms with Gasteiger partial charge < -0.3 is 15.0 Å². The lowest BCUT2D eigenvalue weighted by molar-refractivity contribution is -0.128. The molecule has 6 rings (SSSR count). The second-order valence-corrected chi connectivity index (χ2v) is 10.0. The van der Waals surface area contributed by atoms with Crippen LogP contribution in [0.3, 0.4) is 0 Å². The number of nitrogens with one attached hydrogen (secondary N) is 1. The number of carbonyl (C=O) groups is 3. The first-order chi connectivity index (χ1) is 17.9. The summed E-state index contributed by atoms with van der Waals surface area (Å²) < 4.78 is 5.39. The van der Waals surface area contributed by atoms with Gasteiger partial charge in [-0.1, -0.05) is 47.5 Å². The van der Waals surface area contributed by atoms with E-state index in [9.17, 15) is 14.4 Å². The Labute approximate surface area is 223 Å². The van der Waals surface area contributed by atoms with Crippen molar-refractivity contribution in [3.63, 3.8) is 0 Å². The summed E-state index contributed by atoms with van der Waals surface area (Å²) in [6.07, 6.45) is 3.71. The van der Waals surface area contributed by atoms with Crippen LogP contribution < -0.4 is 15.0 Å². The highest BCUT2D eigenvalue weighted by molar-refractivity contribution is 6.31. The number of benzene rings is 3. The number of rotatable bonds is 4. The SMILES string of the molecule is COc1ccc(Cl)cc1NC(=O)[C@@H]1[C@@H]2C(=O)N(c3ccc(Cl)cc3)C(=O)[C@H]2[C@@H]2c3ccccc3C=CN12. The maximum Gasteiger partial charge on any atom is 0.248 e. The van der Waals surface area contributed by atoms with Crippen LogP contribution in [0.15, 0.2) is 72.9 Å². The number of amides is 3. The van der Waals surface area contributed by atoms with Crippen LogP contribution >= 0.6 is 23.2 Å². The number of halogens is 2. The molecule has 0 radical (unpaired) electrons. The van der Waals surface area contributed by atoms with Crippen LogP contribution in [0.1, 0.15) is 17.2 Å². The number of carbonyl (C=O) groups excluding carboxylic acids is 3. The van der Waals surface area contributed by atoms with E-state index in [2.05, 4.69) is 5.32 Å². The molecule has 0 unspecified atom stereocenters. The Morgan fingerprint density at radius 3 is 2.38 bits per heavy atom. The van der Waals surface area contributed by atoms with Gasteiger partial charge >= 0.3 is 0 Å². The predicted octanol–water partition coefficient (Wildman–Crippen LogP) is 5.16. The molecular weight excluding hydrogens is 513 g/mol. The smallest absolute Gasteiger partial charge is 0.248 e. The molecule has 0 bridgehead atoms. The van der Waals surface area contributed by atoms with Crippen molar-refractivity contribution in [3.05, 3.63) is 94.1 Å². The van der Waals surface area contributed by atoms with E-state index in [0.29, 0.717) is 27.2 Å². The van der Waals surface area contributed by atoms with Crippen molar-refractivity contribution in [1.82, 2.24) is 4.90 Å². The average molecular weight is 534 g/mol. The van der Waals surface area contributed by atoms with E-state index in [4.69, 9.17) is 27.9 Å². The lowest BCUT2D eigenvalue weighted by Crippen LogP contribution is -2.46. The normalized spacial score (nSPS) is 23.5. The fraction of sp³-hybridized carbons (Fsp3) is 0.179. The van der Waals surface area contributed by atoms with Gasteiger partial charge in [-0.25, -0.2) is 4.90 Å². The van der Waals surface area contributed by atoms with Gasteiger partial charge in [0.2, 0.25) is 17.7 Å². The molecule has 3 aromatic rings. The minimum atomic E-state index is -0.933. The van der Waals surface area contributed by atoms with Crippen LogP contribution in [-0.2, 0) is 14.4 Å². The average Bonchev–Trinajstić information content (AvgIpc) is 3.37. The van der Waals surface area contributed by atoms with E-state index < -0.39 is 35.7 Å². The topological polar surface area (TPSA) is 79.0 Å². The van der Waals surface area contributed by atoms with Gasteiger partial charge in [-0.2, -0.15) is 0 Å². The lowest BCUT2D eigenvalue weighted by Gasteiger charge is -2.35. The largest absolute Gasteiger partial charge is 0.495 e. The summed E-state index contributed by atoms with van der Waals surface area (Å²) in [6.45, 7) is 0. The third-order valence-corrected chi connectivity index (χ3v) is 7.72. The molecule has 0 aromatic heterocycles. The number of hydrogen-bond donors (Lipinski definition) is 1. The zero-order chi connectivity index (χ0) is 25.8. The van der Waals surface area contributed by atoms with Crippen LogP contribution in [0.2, 0.25) is 10.0 Å². The number of ether oxygens (including phenoxy) is 1. The van der Waals surface area contributed by atoms with E-state index in [1.165, 1.54) is 12.0 Å². The molecule has 186 valence electrons. The van der Waals surface area contributed by atoms with Gasteiger partial charge in [0.05, 0.1) is 36.4 Å². The minimum Gasteiger partial charge on any atom is -0.495 e. The van der Waals surface area contributed by atoms with Crippen molar-refractivity contribution in [2.24, 2.45) is 11.8 Å². The highest BCUT2D eigenvalue weighted by Gasteiger charge is 2.64. The summed E-state index contributed by atoms with van der Waals surface area (Å²) in [6, 6.07) is 17.7. The van der Waals surface area contributed by atoms with Crippen LogP contribution in [0, 0.1) is 11.8 Å². The summed E-state index contributed by atoms with van der Waals surface area (Å²) in [5, 5.41) is 3.80. The summed E-state index contributed by atoms with van der Waals surface area (Å²) >= 11 is 12.2. The fourth-order valence-electron chi connectivity index (χ4n) is 5.69. The highest BCUT2D eigenvalue weighted by atomic mass is 35.5. The molecule has 9 heteroatoms. The van der Waals surface area contributed by atoms with Crippen LogP contribution in [0.25, 0.3) is 6.08 Å². The van der Waals surface area contributed by atoms with Crippen molar-refractivity contribution in [2.75, 3.05) is 17.3 Å². The van der Waals surface area contributed by atoms with Crippen molar-refractivity contribution in [2.45, 2.75) is 12.1 Å². The number of nitrogens with zero attached hydrogens (tertiary/aromatic N) is 2. The molecule has 2 fully saturated rings. The molecule has 2 saturated heterocycles. The summed E-state index contributed by atoms with van der Waals surface area (Å²) in [5.74, 6) is -2.40. The fourth-order valence-corrected chi connectivity index (χ4v) is 5.98. The molecule has 4 atom stereocenters. The molecule has 3 amide bonds. The minimum absolute atomic E-state index is 0.340. The summed E-state index contributed by atoms with van der Waals surface area (Å²) in [7, 11) is 1.49. The van der Waals surface area contributed by atoms with Gasteiger partial charge in [-0.05, 0) is 59.7 Å². The molecule has 3 heterocycles. The Kier molecular flexibility index (Phi) is 5.70. The zero-order valence-corrected chi connectivity index (χ0v) is 21.1. The Morgan fingerprint density at radius 2 is 1.62 bits per heavy atom. The first-order valence-corrected chi connectivity index (χ1v) is 12.5. The quantitative estimate of drug-likeness (QED) is 0.469. The highest BCUT2D eigenvalue weighted by Crippen LogP contribution is 2.53. The summed E-state index contributed by atoms with van der Waals surface area (Å²) in [5.41, 5.74) is 2.66. The maximum atomic E-state index is 13.9. The first kappa shape index (κ1) is 23.6. The molecule has 0 aliphatic carbocycles. The predicted molar refractivity (Wildman–Crippen MR) is 141 cm³/mol. The monoisotopic (exact) mass is 533 g/mol. The van der Waals surface area contributed by atoms with E-state index in [1.54, 1.807) is 48.7 Å². The van der Waals surface area contributed by atoms with Crippen molar-refractivity contribution in [3.8, 4) is 5.75 Å². The van der Waals surface area contributed by atoms with Crippen LogP contribution in [0.5, 0.6) is 5.75 Å². The van der Waals surface area contributed by atoms with E-state index in [0.717, 1.165) is 11.1 Å². The molecule has 3 aliphatic rings. The van der Waals surface area contributed by atoms with Gasteiger partial charge in [-0.3, -0.25) is 14.4 Å². The molecule has 7 nitrogen and oxygen atoms in total. The molecule has 37 heavy (non-hydrogen) atoms. The van der Waals surface area contributed by atoms with E-state index in [-0.39, 0.29) is 5.91 Å². The van der Waals surface area contributed by atoms with Crippen molar-refractivity contribution in [1.29, 1.82) is 0 Å². The lowest BCUT2D eigenvalue weighted by atomic mass is 9.84. The van der Waals surface area contributed by atoms with E-state index >= 15 is 0 Å². The van der Waals surface area contributed by atoms with E-state index in [1.807, 2.05) is 35.2 Å². The standard InChI is InChI=1S/C28H21Cl2N3O4/c1-37-21-11-8-17(30)14-20(21)31-26(34)25-23-22(24-19-5-3-2-4-15(19)12-13-32(24)25)27(35)33(28(23)36)18-9-6-16(29)7-10-18/h2-14,22-25H,1H3,(H,31,34)/t22-,23-,24+,25+/m1/s1. The summed E-state index contributed by atoms with van der Waals surface area (Å²) in [4.78, 5) is 44.6. The Balaban J connectivity index is 1.44. The Morgan fingerprint density at radius 1 is 0.919 bits per heavy atom. The molecule has 3 aromatic carbocycles. The number of imide groups is 1. The second kappa shape index (κ2) is 8.94. The van der Waals surface area contributed by atoms with Gasteiger partial charge in [-0.15, -0.1) is 0 Å². The molecule has 1 N–H and O–H groups in total. The third-order valence-electron chi connectivity index (χ3n) is 7.23. The molecule has 0 spiro atoms. The van der Waals surface area contributed by atoms with Crippen LogP contribution in [-0.4, -0.2) is 35.8 Å². The number of hydrogen-bond acceptors (Lipinski definition) is 5. The Hall–Kier alpha value is -3.81. The number of anilines is 2. The van der Waals surface area contributed by atoms with Crippen molar-refractivity contribution < 1.29 is 19.1 Å². The zero-order valence-electron chi connectivity index (χ0n) is 19.6. The molecule has 0 saturated carbocycles. The second-order valence-electron chi connectivity index (χ2n) is 9.16. The van der Waals surface area contributed by atoms with Gasteiger partial charge in [0.15, 0.2) is 0 Å². The first-order valence-electron chi connectivity index (χ1n) is 11.7. The van der Waals surface area contributed by atoms with Gasteiger partial charge in [0.25, 0.3) is 0 Å². The van der Waals surface area contributed by atoms with Gasteiger partial charge in [0, 0.05) is 16.2 Å². The number of fused-ring (bicyclic) bond motifs is 5. The number of methoxy groups -OCH3 is 1. The maximum absolute atomic E-state index is 13.9. The Bertz CT molecular complexity index is 1470. The van der Waals surface area contributed by atoms with Gasteiger partial charge in [0.1, 0.15) is 11.8 Å². The van der Waals surface area contributed by atoms with Crippen LogP contribution in [0.4, 0.5) is 11.4 Å².